The lowest BCUT2D eigenvalue weighted by molar-refractivity contribution is -0.143. The van der Waals surface area contributed by atoms with Gasteiger partial charge in [-0.1, -0.05) is 37.1 Å². The first-order chi connectivity index (χ1) is 8.81. The van der Waals surface area contributed by atoms with E-state index in [0.717, 1.165) is 24.3 Å². The molecule has 0 aliphatic heterocycles. The van der Waals surface area contributed by atoms with Crippen LogP contribution in [0.15, 0.2) is 24.3 Å². The second kappa shape index (κ2) is 6.92. The molecule has 0 aliphatic rings. The molecule has 2 unspecified atom stereocenters. The molecule has 0 fully saturated rings. The van der Waals surface area contributed by atoms with Crippen molar-refractivity contribution in [1.29, 1.82) is 0 Å². The number of aryl methyl sites for hydroxylation is 1. The molecule has 106 valence electrons. The Morgan fingerprint density at radius 2 is 2.00 bits per heavy atom. The standard InChI is InChI=1S/C15H22ClNO2/c1-11(10-15(2,17)14(18)19)4-3-5-12-6-8-13(16)9-7-12/h6-9,11H,3-5,10,17H2,1-2H3,(H,18,19). The van der Waals surface area contributed by atoms with Crippen molar-refractivity contribution in [1.82, 2.24) is 0 Å². The van der Waals surface area contributed by atoms with Crippen molar-refractivity contribution in [3.8, 4) is 0 Å². The normalized spacial score (nSPS) is 15.8. The van der Waals surface area contributed by atoms with Gasteiger partial charge in [0.1, 0.15) is 5.54 Å². The molecule has 0 saturated carbocycles. The van der Waals surface area contributed by atoms with Gasteiger partial charge in [0, 0.05) is 5.02 Å². The molecular formula is C15H22ClNO2. The first-order valence-electron chi connectivity index (χ1n) is 6.58. The Bertz CT molecular complexity index is 415. The van der Waals surface area contributed by atoms with Crippen LogP contribution in [0.25, 0.3) is 0 Å². The summed E-state index contributed by atoms with van der Waals surface area (Å²) in [5, 5.41) is 9.73. The molecule has 0 amide bonds. The topological polar surface area (TPSA) is 63.3 Å². The Labute approximate surface area is 119 Å². The third-order valence-electron chi connectivity index (χ3n) is 3.34. The van der Waals surface area contributed by atoms with Crippen LogP contribution in [0, 0.1) is 5.92 Å². The molecule has 0 saturated heterocycles. The van der Waals surface area contributed by atoms with Crippen LogP contribution in [0.4, 0.5) is 0 Å². The molecular weight excluding hydrogens is 262 g/mol. The number of benzene rings is 1. The number of nitrogens with two attached hydrogens (primary N) is 1. The second-order valence-electron chi connectivity index (χ2n) is 5.55. The van der Waals surface area contributed by atoms with Gasteiger partial charge in [-0.25, -0.2) is 0 Å². The van der Waals surface area contributed by atoms with E-state index in [9.17, 15) is 4.79 Å². The molecule has 2 atom stereocenters. The molecule has 3 N–H and O–H groups in total. The molecule has 1 rings (SSSR count). The van der Waals surface area contributed by atoms with Crippen LogP contribution >= 0.6 is 11.6 Å². The summed E-state index contributed by atoms with van der Waals surface area (Å²) in [5.74, 6) is -0.629. The number of halogens is 1. The van der Waals surface area contributed by atoms with Gasteiger partial charge >= 0.3 is 5.97 Å². The van der Waals surface area contributed by atoms with E-state index < -0.39 is 11.5 Å². The van der Waals surface area contributed by atoms with Crippen LogP contribution in [-0.4, -0.2) is 16.6 Å². The van der Waals surface area contributed by atoms with Crippen molar-refractivity contribution in [3.63, 3.8) is 0 Å². The number of hydrogen-bond donors (Lipinski definition) is 2. The number of carboxylic acid groups (broad SMARTS) is 1. The highest BCUT2D eigenvalue weighted by Crippen LogP contribution is 2.20. The van der Waals surface area contributed by atoms with Crippen LogP contribution in [-0.2, 0) is 11.2 Å². The smallest absolute Gasteiger partial charge is 0.323 e. The average molecular weight is 284 g/mol. The van der Waals surface area contributed by atoms with E-state index in [1.54, 1.807) is 6.92 Å². The Kier molecular flexibility index (Phi) is 5.83. The molecule has 1 aromatic carbocycles. The highest BCUT2D eigenvalue weighted by Gasteiger charge is 2.29. The molecule has 4 heteroatoms. The van der Waals surface area contributed by atoms with Crippen LogP contribution in [0.2, 0.25) is 5.02 Å². The van der Waals surface area contributed by atoms with Crippen molar-refractivity contribution >= 4 is 17.6 Å². The monoisotopic (exact) mass is 283 g/mol. The third kappa shape index (κ3) is 5.62. The first-order valence-corrected chi connectivity index (χ1v) is 6.96. The number of carbonyl (C=O) groups is 1. The van der Waals surface area contributed by atoms with E-state index in [4.69, 9.17) is 22.4 Å². The van der Waals surface area contributed by atoms with Gasteiger partial charge in [-0.3, -0.25) is 4.79 Å². The lowest BCUT2D eigenvalue weighted by atomic mass is 9.87. The second-order valence-corrected chi connectivity index (χ2v) is 5.99. The summed E-state index contributed by atoms with van der Waals surface area (Å²) in [4.78, 5) is 10.9. The summed E-state index contributed by atoms with van der Waals surface area (Å²) in [7, 11) is 0. The van der Waals surface area contributed by atoms with Crippen LogP contribution in [0.5, 0.6) is 0 Å². The Hall–Kier alpha value is -1.06. The molecule has 3 nitrogen and oxygen atoms in total. The van der Waals surface area contributed by atoms with Crippen LogP contribution in [0.1, 0.15) is 38.7 Å². The van der Waals surface area contributed by atoms with Crippen molar-refractivity contribution in [2.45, 2.75) is 45.1 Å². The lowest BCUT2D eigenvalue weighted by Crippen LogP contribution is -2.46. The summed E-state index contributed by atoms with van der Waals surface area (Å²) < 4.78 is 0. The van der Waals surface area contributed by atoms with E-state index in [1.807, 2.05) is 24.3 Å². The molecule has 19 heavy (non-hydrogen) atoms. The molecule has 0 aromatic heterocycles. The summed E-state index contributed by atoms with van der Waals surface area (Å²) in [5.41, 5.74) is 5.88. The van der Waals surface area contributed by atoms with Gasteiger partial charge in [-0.2, -0.15) is 0 Å². The lowest BCUT2D eigenvalue weighted by Gasteiger charge is -2.23. The Morgan fingerprint density at radius 3 is 2.53 bits per heavy atom. The maximum Gasteiger partial charge on any atom is 0.323 e. The predicted octanol–water partition coefficient (Wildman–Crippen LogP) is 3.49. The number of aliphatic carboxylic acids is 1. The first kappa shape index (κ1) is 16.0. The molecule has 1 aromatic rings. The van der Waals surface area contributed by atoms with Gasteiger partial charge in [0.05, 0.1) is 0 Å². The fourth-order valence-electron chi connectivity index (χ4n) is 2.22. The number of rotatable bonds is 7. The van der Waals surface area contributed by atoms with Crippen LogP contribution in [0.3, 0.4) is 0 Å². The zero-order valence-electron chi connectivity index (χ0n) is 11.5. The minimum absolute atomic E-state index is 0.304. The van der Waals surface area contributed by atoms with Gasteiger partial charge < -0.3 is 10.8 Å². The number of carboxylic acids is 1. The van der Waals surface area contributed by atoms with Gasteiger partial charge in [-0.05, 0) is 49.8 Å². The van der Waals surface area contributed by atoms with Gasteiger partial charge in [0.25, 0.3) is 0 Å². The van der Waals surface area contributed by atoms with E-state index in [0.29, 0.717) is 12.3 Å². The van der Waals surface area contributed by atoms with Crippen molar-refractivity contribution in [2.24, 2.45) is 11.7 Å². The van der Waals surface area contributed by atoms with Crippen molar-refractivity contribution in [2.75, 3.05) is 0 Å². The number of hydrogen-bond acceptors (Lipinski definition) is 2. The summed E-state index contributed by atoms with van der Waals surface area (Å²) >= 11 is 5.83. The zero-order chi connectivity index (χ0) is 14.5. The minimum Gasteiger partial charge on any atom is -0.480 e. The SMILES string of the molecule is CC(CCCc1ccc(Cl)cc1)CC(C)(N)C(=O)O. The molecule has 0 spiro atoms. The molecule has 0 aliphatic carbocycles. The molecule has 0 radical (unpaired) electrons. The van der Waals surface area contributed by atoms with Gasteiger partial charge in [-0.15, -0.1) is 0 Å². The maximum atomic E-state index is 10.9. The minimum atomic E-state index is -1.13. The summed E-state index contributed by atoms with van der Waals surface area (Å²) in [6.45, 7) is 3.63. The van der Waals surface area contributed by atoms with Crippen molar-refractivity contribution < 1.29 is 9.90 Å². The molecule has 0 heterocycles. The third-order valence-corrected chi connectivity index (χ3v) is 3.59. The summed E-state index contributed by atoms with van der Waals surface area (Å²) in [6.07, 6.45) is 3.49. The van der Waals surface area contributed by atoms with Gasteiger partial charge in [0.2, 0.25) is 0 Å². The van der Waals surface area contributed by atoms with Crippen molar-refractivity contribution in [3.05, 3.63) is 34.9 Å². The van der Waals surface area contributed by atoms with E-state index in [1.165, 1.54) is 5.56 Å². The highest BCUT2D eigenvalue weighted by molar-refractivity contribution is 6.30. The Balaban J connectivity index is 2.33. The molecule has 0 bridgehead atoms. The van der Waals surface area contributed by atoms with Crippen LogP contribution < -0.4 is 5.73 Å². The average Bonchev–Trinajstić information content (AvgIpc) is 2.31. The van der Waals surface area contributed by atoms with E-state index in [-0.39, 0.29) is 0 Å². The largest absolute Gasteiger partial charge is 0.480 e. The fraction of sp³-hybridized carbons (Fsp3) is 0.533. The van der Waals surface area contributed by atoms with Gasteiger partial charge in [0.15, 0.2) is 0 Å². The summed E-state index contributed by atoms with van der Waals surface area (Å²) in [6, 6.07) is 7.83. The zero-order valence-corrected chi connectivity index (χ0v) is 12.3. The fourth-order valence-corrected chi connectivity index (χ4v) is 2.34. The quantitative estimate of drug-likeness (QED) is 0.805. The Morgan fingerprint density at radius 1 is 1.42 bits per heavy atom. The maximum absolute atomic E-state index is 10.9. The predicted molar refractivity (Wildman–Crippen MR) is 78.4 cm³/mol. The highest BCUT2D eigenvalue weighted by atomic mass is 35.5. The van der Waals surface area contributed by atoms with E-state index >= 15 is 0 Å². The van der Waals surface area contributed by atoms with E-state index in [2.05, 4.69) is 6.92 Å².